The summed E-state index contributed by atoms with van der Waals surface area (Å²) in [5.41, 5.74) is 2.31. The molecule has 0 bridgehead atoms. The van der Waals surface area contributed by atoms with Crippen molar-refractivity contribution in [3.05, 3.63) is 76.9 Å². The van der Waals surface area contributed by atoms with Crippen LogP contribution in [0.2, 0.25) is 0 Å². The Morgan fingerprint density at radius 1 is 1.20 bits per heavy atom. The first-order valence-corrected chi connectivity index (χ1v) is 7.64. The van der Waals surface area contributed by atoms with Gasteiger partial charge in [0.1, 0.15) is 23.1 Å². The number of nitrogens with one attached hydrogen (secondary N) is 1. The van der Waals surface area contributed by atoms with E-state index in [1.54, 1.807) is 61.5 Å². The Balaban J connectivity index is 1.98. The summed E-state index contributed by atoms with van der Waals surface area (Å²) in [4.78, 5) is 12.1. The van der Waals surface area contributed by atoms with E-state index in [1.165, 1.54) is 6.08 Å². The van der Waals surface area contributed by atoms with Gasteiger partial charge in [-0.2, -0.15) is 5.26 Å². The van der Waals surface area contributed by atoms with Gasteiger partial charge in [-0.25, -0.2) is 0 Å². The summed E-state index contributed by atoms with van der Waals surface area (Å²) in [5.74, 6) is -0.149. The number of carbonyl (C=O) groups excluding carboxylic acids is 1. The number of hydrogen-bond donors (Lipinski definition) is 3. The highest BCUT2D eigenvalue weighted by molar-refractivity contribution is 5.97. The quantitative estimate of drug-likeness (QED) is 0.445. The van der Waals surface area contributed by atoms with Crippen LogP contribution in [0.5, 0.6) is 11.5 Å². The van der Waals surface area contributed by atoms with E-state index in [-0.39, 0.29) is 23.6 Å². The van der Waals surface area contributed by atoms with Gasteiger partial charge >= 0.3 is 0 Å². The summed E-state index contributed by atoms with van der Waals surface area (Å²) in [5, 5.41) is 30.6. The number of phenols is 2. The first-order valence-electron chi connectivity index (χ1n) is 7.64. The van der Waals surface area contributed by atoms with Gasteiger partial charge < -0.3 is 15.5 Å². The molecule has 0 aliphatic carbocycles. The minimum atomic E-state index is -0.488. The number of hydrogen-bond acceptors (Lipinski definition) is 4. The fraction of sp³-hybridized carbons (Fsp3) is 0.100. The van der Waals surface area contributed by atoms with Crippen LogP contribution < -0.4 is 5.32 Å². The highest BCUT2D eigenvalue weighted by atomic mass is 16.3. The molecule has 5 nitrogen and oxygen atoms in total. The standard InChI is InChI=1S/C20H18N2O3/c1-14-5-6-16(11-19(14)24)13-22-20(25)17(12-21)4-2-3-15-7-9-18(23)10-8-15/h2-11,23-24H,13H2,1H3,(H,22,25)/b3-2+,17-4+. The number of nitrogens with zero attached hydrogens (tertiary/aromatic N) is 1. The maximum absolute atomic E-state index is 12.1. The summed E-state index contributed by atoms with van der Waals surface area (Å²) >= 11 is 0. The van der Waals surface area contributed by atoms with Crippen LogP contribution in [0, 0.1) is 18.3 Å². The van der Waals surface area contributed by atoms with Gasteiger partial charge in [-0.15, -0.1) is 0 Å². The average molecular weight is 334 g/mol. The molecular weight excluding hydrogens is 316 g/mol. The number of aromatic hydroxyl groups is 2. The smallest absolute Gasteiger partial charge is 0.262 e. The van der Waals surface area contributed by atoms with Crippen LogP contribution in [-0.2, 0) is 11.3 Å². The molecule has 0 radical (unpaired) electrons. The number of allylic oxidation sites excluding steroid dienone is 2. The predicted molar refractivity (Wildman–Crippen MR) is 95.5 cm³/mol. The number of aryl methyl sites for hydroxylation is 1. The van der Waals surface area contributed by atoms with Gasteiger partial charge in [-0.3, -0.25) is 4.79 Å². The van der Waals surface area contributed by atoms with E-state index in [4.69, 9.17) is 5.26 Å². The molecule has 0 saturated heterocycles. The van der Waals surface area contributed by atoms with Crippen molar-refractivity contribution in [2.75, 3.05) is 0 Å². The van der Waals surface area contributed by atoms with Crippen molar-refractivity contribution in [3.63, 3.8) is 0 Å². The van der Waals surface area contributed by atoms with E-state index in [2.05, 4.69) is 5.32 Å². The second-order valence-electron chi connectivity index (χ2n) is 5.45. The molecule has 2 rings (SSSR count). The van der Waals surface area contributed by atoms with E-state index in [0.29, 0.717) is 0 Å². The van der Waals surface area contributed by atoms with Crippen molar-refractivity contribution < 1.29 is 15.0 Å². The zero-order chi connectivity index (χ0) is 18.2. The summed E-state index contributed by atoms with van der Waals surface area (Å²) < 4.78 is 0. The van der Waals surface area contributed by atoms with Crippen LogP contribution >= 0.6 is 0 Å². The molecule has 5 heteroatoms. The summed E-state index contributed by atoms with van der Waals surface area (Å²) in [6.45, 7) is 2.00. The molecule has 0 unspecified atom stereocenters. The molecule has 0 heterocycles. The summed E-state index contributed by atoms with van der Waals surface area (Å²) in [7, 11) is 0. The molecule has 25 heavy (non-hydrogen) atoms. The highest BCUT2D eigenvalue weighted by Crippen LogP contribution is 2.17. The van der Waals surface area contributed by atoms with Crippen LogP contribution in [0.3, 0.4) is 0 Å². The lowest BCUT2D eigenvalue weighted by Gasteiger charge is -2.06. The largest absolute Gasteiger partial charge is 0.508 e. The Kier molecular flexibility index (Phi) is 5.97. The van der Waals surface area contributed by atoms with Gasteiger partial charge in [0.15, 0.2) is 0 Å². The van der Waals surface area contributed by atoms with Crippen molar-refractivity contribution in [1.82, 2.24) is 5.32 Å². The molecule has 0 atom stereocenters. The van der Waals surface area contributed by atoms with Crippen molar-refractivity contribution in [3.8, 4) is 17.6 Å². The first kappa shape index (κ1) is 17.8. The van der Waals surface area contributed by atoms with Gasteiger partial charge in [-0.05, 0) is 47.9 Å². The summed E-state index contributed by atoms with van der Waals surface area (Å²) in [6.07, 6.45) is 4.75. The number of benzene rings is 2. The Labute approximate surface area is 146 Å². The third kappa shape index (κ3) is 5.26. The molecule has 2 aromatic carbocycles. The Hall–Kier alpha value is -3.52. The van der Waals surface area contributed by atoms with Gasteiger partial charge in [0, 0.05) is 6.54 Å². The predicted octanol–water partition coefficient (Wildman–Crippen LogP) is 3.19. The lowest BCUT2D eigenvalue weighted by Crippen LogP contribution is -2.23. The van der Waals surface area contributed by atoms with Crippen molar-refractivity contribution in [2.45, 2.75) is 13.5 Å². The van der Waals surface area contributed by atoms with E-state index in [9.17, 15) is 15.0 Å². The fourth-order valence-electron chi connectivity index (χ4n) is 2.05. The lowest BCUT2D eigenvalue weighted by molar-refractivity contribution is -0.117. The Morgan fingerprint density at radius 3 is 2.56 bits per heavy atom. The molecule has 0 spiro atoms. The molecule has 1 amide bonds. The minimum Gasteiger partial charge on any atom is -0.508 e. The van der Waals surface area contributed by atoms with Gasteiger partial charge in [0.2, 0.25) is 0 Å². The number of carbonyl (C=O) groups is 1. The highest BCUT2D eigenvalue weighted by Gasteiger charge is 2.08. The second-order valence-corrected chi connectivity index (χ2v) is 5.45. The summed E-state index contributed by atoms with van der Waals surface area (Å²) in [6, 6.07) is 13.5. The molecule has 0 aromatic heterocycles. The molecule has 0 aliphatic heterocycles. The Morgan fingerprint density at radius 2 is 1.92 bits per heavy atom. The molecule has 0 saturated carbocycles. The third-order valence-electron chi connectivity index (χ3n) is 3.54. The average Bonchev–Trinajstić information content (AvgIpc) is 2.61. The van der Waals surface area contributed by atoms with Crippen LogP contribution in [-0.4, -0.2) is 16.1 Å². The van der Waals surface area contributed by atoms with Crippen molar-refractivity contribution >= 4 is 12.0 Å². The zero-order valence-electron chi connectivity index (χ0n) is 13.7. The van der Waals surface area contributed by atoms with Gasteiger partial charge in [0.25, 0.3) is 5.91 Å². The Bertz CT molecular complexity index is 860. The van der Waals surface area contributed by atoms with Crippen LogP contribution in [0.15, 0.2) is 60.2 Å². The van der Waals surface area contributed by atoms with Crippen LogP contribution in [0.4, 0.5) is 0 Å². The fourth-order valence-corrected chi connectivity index (χ4v) is 2.05. The van der Waals surface area contributed by atoms with Crippen LogP contribution in [0.1, 0.15) is 16.7 Å². The van der Waals surface area contributed by atoms with E-state index in [1.807, 2.05) is 6.07 Å². The number of phenolic OH excluding ortho intramolecular Hbond substituents is 2. The lowest BCUT2D eigenvalue weighted by atomic mass is 10.1. The molecule has 2 aromatic rings. The number of amides is 1. The van der Waals surface area contributed by atoms with Crippen molar-refractivity contribution in [1.29, 1.82) is 5.26 Å². The van der Waals surface area contributed by atoms with E-state index < -0.39 is 5.91 Å². The SMILES string of the molecule is Cc1ccc(CNC(=O)/C(C#N)=C/C=C/c2ccc(O)cc2)cc1O. The molecular formula is C20H18N2O3. The van der Waals surface area contributed by atoms with Gasteiger partial charge in [-0.1, -0.05) is 36.4 Å². The van der Waals surface area contributed by atoms with E-state index in [0.717, 1.165) is 16.7 Å². The van der Waals surface area contributed by atoms with Crippen LogP contribution in [0.25, 0.3) is 6.08 Å². The molecule has 126 valence electrons. The number of rotatable bonds is 5. The van der Waals surface area contributed by atoms with Crippen molar-refractivity contribution in [2.24, 2.45) is 0 Å². The zero-order valence-corrected chi connectivity index (χ0v) is 13.7. The normalized spacial score (nSPS) is 11.3. The molecule has 0 fully saturated rings. The first-order chi connectivity index (χ1) is 12.0. The monoisotopic (exact) mass is 334 g/mol. The number of nitriles is 1. The second kappa shape index (κ2) is 8.37. The van der Waals surface area contributed by atoms with E-state index >= 15 is 0 Å². The maximum Gasteiger partial charge on any atom is 0.262 e. The van der Waals surface area contributed by atoms with Gasteiger partial charge in [0.05, 0.1) is 0 Å². The molecule has 0 aliphatic rings. The molecule has 3 N–H and O–H groups in total. The topological polar surface area (TPSA) is 93.4 Å². The minimum absolute atomic E-state index is 0.0219. The third-order valence-corrected chi connectivity index (χ3v) is 3.54. The maximum atomic E-state index is 12.1.